The Morgan fingerprint density at radius 3 is 2.61 bits per heavy atom. The molecule has 238 valence electrons. The molecule has 1 aromatic rings. The summed E-state index contributed by atoms with van der Waals surface area (Å²) in [5, 5.41) is 9.59. The van der Waals surface area contributed by atoms with Crippen molar-refractivity contribution in [1.82, 2.24) is 16.0 Å². The first-order valence-corrected chi connectivity index (χ1v) is 15.5. The van der Waals surface area contributed by atoms with Crippen LogP contribution >= 0.6 is 0 Å². The molecule has 0 unspecified atom stereocenters. The van der Waals surface area contributed by atoms with E-state index < -0.39 is 28.7 Å². The lowest BCUT2D eigenvalue weighted by Gasteiger charge is -2.25. The van der Waals surface area contributed by atoms with Crippen molar-refractivity contribution in [2.75, 3.05) is 33.3 Å². The molecule has 1 aliphatic carbocycles. The Bertz CT molecular complexity index is 1380. The van der Waals surface area contributed by atoms with E-state index in [1.54, 1.807) is 31.3 Å². The Hall–Kier alpha value is -3.96. The molecule has 1 aromatic carbocycles. The topological polar surface area (TPSA) is 173 Å². The maximum atomic E-state index is 14.0. The van der Waals surface area contributed by atoms with E-state index in [0.717, 1.165) is 37.0 Å². The molecular weight excluding hydrogens is 560 g/mol. The molecule has 11 heteroatoms. The minimum absolute atomic E-state index is 0.0339. The Kier molecular flexibility index (Phi) is 10.6. The maximum Gasteiger partial charge on any atom is 0.350 e. The summed E-state index contributed by atoms with van der Waals surface area (Å²) in [6.45, 7) is 8.26. The van der Waals surface area contributed by atoms with Crippen LogP contribution in [-0.4, -0.2) is 74.0 Å². The van der Waals surface area contributed by atoms with Crippen LogP contribution in [0.4, 0.5) is 0 Å². The number of carbonyl (C=O) groups is 3. The highest BCUT2D eigenvalue weighted by Gasteiger charge is 2.85. The van der Waals surface area contributed by atoms with Gasteiger partial charge in [0.15, 0.2) is 17.3 Å². The van der Waals surface area contributed by atoms with Crippen LogP contribution in [0.15, 0.2) is 64.5 Å². The predicted molar refractivity (Wildman–Crippen MR) is 170 cm³/mol. The number of fused-ring (bicyclic) bond motifs is 2. The highest BCUT2D eigenvalue weighted by Crippen LogP contribution is 2.58. The highest BCUT2D eigenvalue weighted by atomic mass is 16.7. The summed E-state index contributed by atoms with van der Waals surface area (Å²) in [6, 6.07) is 6.30. The number of Topliss-reactive ketones (excluding diaryl/α,β-unsaturated/α-hetero) is 2. The summed E-state index contributed by atoms with van der Waals surface area (Å²) < 4.78 is 11.8. The van der Waals surface area contributed by atoms with Gasteiger partial charge in [0.05, 0.1) is 18.5 Å². The van der Waals surface area contributed by atoms with E-state index in [2.05, 4.69) is 27.9 Å². The van der Waals surface area contributed by atoms with Gasteiger partial charge in [-0.2, -0.15) is 0 Å². The highest BCUT2D eigenvalue weighted by molar-refractivity contribution is 6.32. The van der Waals surface area contributed by atoms with Gasteiger partial charge in [-0.25, -0.2) is 4.79 Å². The number of ketones is 2. The van der Waals surface area contributed by atoms with Crippen LogP contribution in [0.5, 0.6) is 0 Å². The summed E-state index contributed by atoms with van der Waals surface area (Å²) in [6.07, 6.45) is 9.13. The van der Waals surface area contributed by atoms with Crippen molar-refractivity contribution in [1.29, 1.82) is 0 Å². The number of hydrogen-bond donors (Lipinski definition) is 5. The number of nitrogens with zero attached hydrogens (tertiary/aromatic N) is 1. The lowest BCUT2D eigenvalue weighted by molar-refractivity contribution is -0.149. The van der Waals surface area contributed by atoms with Gasteiger partial charge in [0.2, 0.25) is 5.78 Å². The summed E-state index contributed by atoms with van der Waals surface area (Å²) in [5.41, 5.74) is 10.6. The van der Waals surface area contributed by atoms with Crippen molar-refractivity contribution in [3.8, 4) is 0 Å². The van der Waals surface area contributed by atoms with Gasteiger partial charge in [-0.15, -0.1) is 0 Å². The monoisotopic (exact) mass is 606 g/mol. The first kappa shape index (κ1) is 32.9. The van der Waals surface area contributed by atoms with Crippen LogP contribution in [0, 0.1) is 5.92 Å². The minimum Gasteiger partial charge on any atom is -0.463 e. The van der Waals surface area contributed by atoms with Crippen molar-refractivity contribution in [2.24, 2.45) is 22.4 Å². The van der Waals surface area contributed by atoms with Crippen LogP contribution in [0.3, 0.4) is 0 Å². The number of ether oxygens (including phenoxy) is 2. The number of aliphatic imine (C=N–C) groups is 1. The van der Waals surface area contributed by atoms with Gasteiger partial charge < -0.3 is 36.9 Å². The standard InChI is InChI=1S/C33H46N6O5/c1-5-7-10-22(19-37-6-2)20-43-30(42)33-29(41)25-12-9-8-11-24(25)28(40)32(33,44-33)15-13-21(3)17-26(39-31(35)36-4)23-14-16-38-27(34)18-23/h8-9,11-14,18,22,26,37-38H,5-7,10,15-17,19-20,34H2,1-4H3,(H3,35,36,39)/b21-13+/t22-,26-,32+,33+/m1/s1. The van der Waals surface area contributed by atoms with Crippen molar-refractivity contribution < 1.29 is 23.9 Å². The van der Waals surface area contributed by atoms with Crippen molar-refractivity contribution in [3.63, 3.8) is 0 Å². The molecular formula is C33H46N6O5. The second-order valence-electron chi connectivity index (χ2n) is 11.7. The second-order valence-corrected chi connectivity index (χ2v) is 11.7. The first-order valence-electron chi connectivity index (χ1n) is 15.5. The third kappa shape index (κ3) is 6.58. The van der Waals surface area contributed by atoms with Crippen LogP contribution in [0.25, 0.3) is 0 Å². The largest absolute Gasteiger partial charge is 0.463 e. The normalized spacial score (nSPS) is 24.3. The Balaban J connectivity index is 1.59. The minimum atomic E-state index is -2.01. The van der Waals surface area contributed by atoms with Crippen LogP contribution in [-0.2, 0) is 14.3 Å². The molecule has 4 atom stereocenters. The van der Waals surface area contributed by atoms with Crippen molar-refractivity contribution >= 4 is 23.5 Å². The molecule has 0 bridgehead atoms. The fourth-order valence-electron chi connectivity index (χ4n) is 5.95. The number of nitrogens with one attached hydrogen (secondary N) is 3. The number of rotatable bonds is 15. The van der Waals surface area contributed by atoms with E-state index in [4.69, 9.17) is 20.9 Å². The SMILES string of the molecule is CCCC[C@H](CNCC)COC(=O)[C@]12O[C@@]1(C/C=C(\C)C[C@@H](NC(N)=NC)C1=CCNC(N)=C1)C(=O)c1ccccc1C2=O. The smallest absolute Gasteiger partial charge is 0.350 e. The summed E-state index contributed by atoms with van der Waals surface area (Å²) in [7, 11) is 1.60. The summed E-state index contributed by atoms with van der Waals surface area (Å²) in [4.78, 5) is 45.6. The second kappa shape index (κ2) is 14.2. The van der Waals surface area contributed by atoms with Crippen molar-refractivity contribution in [3.05, 3.63) is 70.6 Å². The molecule has 1 saturated heterocycles. The molecule has 0 amide bonds. The van der Waals surface area contributed by atoms with Crippen LogP contribution in [0.2, 0.25) is 0 Å². The van der Waals surface area contributed by atoms with Gasteiger partial charge in [0.25, 0.3) is 5.60 Å². The fraction of sp³-hybridized carbons (Fsp3) is 0.515. The summed E-state index contributed by atoms with van der Waals surface area (Å²) in [5.74, 6) is -0.824. The molecule has 4 rings (SSSR count). The number of esters is 1. The number of unbranched alkanes of at least 4 members (excludes halogenated alkanes) is 1. The molecule has 3 aliphatic rings. The molecule has 0 radical (unpaired) electrons. The van der Waals surface area contributed by atoms with E-state index in [1.807, 2.05) is 32.1 Å². The molecule has 2 aliphatic heterocycles. The maximum absolute atomic E-state index is 14.0. The number of hydrogen-bond acceptors (Lipinski definition) is 9. The number of guanidine groups is 1. The lowest BCUT2D eigenvalue weighted by Crippen LogP contribution is -2.50. The predicted octanol–water partition coefficient (Wildman–Crippen LogP) is 2.49. The zero-order valence-corrected chi connectivity index (χ0v) is 26.2. The number of carbonyl (C=O) groups excluding carboxylic acids is 3. The number of benzene rings is 1. The molecule has 0 aromatic heterocycles. The van der Waals surface area contributed by atoms with E-state index >= 15 is 0 Å². The number of nitrogens with two attached hydrogens (primary N) is 2. The first-order chi connectivity index (χ1) is 21.1. The molecule has 7 N–H and O–H groups in total. The number of epoxide rings is 1. The van der Waals surface area contributed by atoms with Gasteiger partial charge in [0.1, 0.15) is 0 Å². The Labute approximate surface area is 259 Å². The lowest BCUT2D eigenvalue weighted by atomic mass is 9.72. The zero-order chi connectivity index (χ0) is 31.9. The molecule has 2 heterocycles. The molecule has 0 spiro atoms. The molecule has 1 fully saturated rings. The molecule has 11 nitrogen and oxygen atoms in total. The van der Waals surface area contributed by atoms with E-state index in [-0.39, 0.29) is 42.1 Å². The average molecular weight is 607 g/mol. The van der Waals surface area contributed by atoms with E-state index in [0.29, 0.717) is 25.3 Å². The third-order valence-electron chi connectivity index (χ3n) is 8.54. The Morgan fingerprint density at radius 1 is 1.23 bits per heavy atom. The van der Waals surface area contributed by atoms with Gasteiger partial charge in [-0.3, -0.25) is 14.6 Å². The van der Waals surface area contributed by atoms with Gasteiger partial charge in [-0.05, 0) is 38.0 Å². The van der Waals surface area contributed by atoms with Gasteiger partial charge in [0, 0.05) is 43.6 Å². The zero-order valence-electron chi connectivity index (χ0n) is 26.2. The molecule has 44 heavy (non-hydrogen) atoms. The molecule has 0 saturated carbocycles. The number of dihydropyridines is 1. The van der Waals surface area contributed by atoms with Gasteiger partial charge in [-0.1, -0.05) is 68.7 Å². The van der Waals surface area contributed by atoms with Crippen LogP contribution < -0.4 is 27.4 Å². The fourth-order valence-corrected chi connectivity index (χ4v) is 5.95. The van der Waals surface area contributed by atoms with Crippen molar-refractivity contribution in [2.45, 2.75) is 70.1 Å². The summed E-state index contributed by atoms with van der Waals surface area (Å²) >= 11 is 0. The van der Waals surface area contributed by atoms with Gasteiger partial charge >= 0.3 is 5.97 Å². The quantitative estimate of drug-likeness (QED) is 0.0498. The Morgan fingerprint density at radius 2 is 1.95 bits per heavy atom. The van der Waals surface area contributed by atoms with E-state index in [1.165, 1.54) is 0 Å². The van der Waals surface area contributed by atoms with Crippen LogP contribution in [0.1, 0.15) is 73.6 Å². The third-order valence-corrected chi connectivity index (χ3v) is 8.54. The van der Waals surface area contributed by atoms with E-state index in [9.17, 15) is 14.4 Å². The average Bonchev–Trinajstić information content (AvgIpc) is 3.74.